The van der Waals surface area contributed by atoms with Gasteiger partial charge in [0.2, 0.25) is 5.91 Å². The number of hydrogen-bond acceptors (Lipinski definition) is 4. The summed E-state index contributed by atoms with van der Waals surface area (Å²) in [5.74, 6) is 0.864. The van der Waals surface area contributed by atoms with Gasteiger partial charge >= 0.3 is 0 Å². The number of nitrogens with one attached hydrogen (secondary N) is 2. The predicted molar refractivity (Wildman–Crippen MR) is 85.3 cm³/mol. The fourth-order valence-corrected chi connectivity index (χ4v) is 2.01. The lowest BCUT2D eigenvalue weighted by atomic mass is 10.1. The highest BCUT2D eigenvalue weighted by Gasteiger charge is 2.05. The third-order valence-corrected chi connectivity index (χ3v) is 3.23. The zero-order valence-electron chi connectivity index (χ0n) is 12.8. The first-order chi connectivity index (χ1) is 10.3. The number of rotatable bonds is 11. The molecule has 0 radical (unpaired) electrons. The van der Waals surface area contributed by atoms with Crippen LogP contribution in [0.1, 0.15) is 26.2 Å². The van der Waals surface area contributed by atoms with Crippen LogP contribution in [0.15, 0.2) is 30.3 Å². The minimum Gasteiger partial charge on any atom is -0.492 e. The number of carbonyl (C=O) groups is 1. The highest BCUT2D eigenvalue weighted by Crippen LogP contribution is 2.07. The average molecular weight is 293 g/mol. The number of amides is 1. The number of nitrogens with two attached hydrogens (primary N) is 1. The molecule has 0 spiro atoms. The Morgan fingerprint density at radius 3 is 2.71 bits per heavy atom. The number of hydrogen-bond donors (Lipinski definition) is 3. The normalized spacial score (nSPS) is 11.9. The smallest absolute Gasteiger partial charge is 0.221 e. The van der Waals surface area contributed by atoms with Gasteiger partial charge in [-0.1, -0.05) is 25.1 Å². The van der Waals surface area contributed by atoms with Gasteiger partial charge in [-0.15, -0.1) is 0 Å². The Hall–Kier alpha value is -1.59. The van der Waals surface area contributed by atoms with Crippen molar-refractivity contribution in [2.24, 2.45) is 5.73 Å². The summed E-state index contributed by atoms with van der Waals surface area (Å²) in [7, 11) is 0. The van der Waals surface area contributed by atoms with Crippen LogP contribution in [0.5, 0.6) is 5.75 Å². The minimum absolute atomic E-state index is 0.0433. The van der Waals surface area contributed by atoms with Gasteiger partial charge in [0.15, 0.2) is 0 Å². The molecular weight excluding hydrogens is 266 g/mol. The van der Waals surface area contributed by atoms with Gasteiger partial charge in [-0.3, -0.25) is 4.79 Å². The van der Waals surface area contributed by atoms with Crippen molar-refractivity contribution in [1.82, 2.24) is 10.6 Å². The predicted octanol–water partition coefficient (Wildman–Crippen LogP) is 1.29. The second-order valence-corrected chi connectivity index (χ2v) is 4.90. The van der Waals surface area contributed by atoms with Gasteiger partial charge in [-0.25, -0.2) is 0 Å². The van der Waals surface area contributed by atoms with E-state index in [2.05, 4.69) is 17.6 Å². The van der Waals surface area contributed by atoms with Gasteiger partial charge < -0.3 is 21.1 Å². The molecule has 0 bridgehead atoms. The lowest BCUT2D eigenvalue weighted by Crippen LogP contribution is -2.35. The Bertz CT molecular complexity index is 384. The summed E-state index contributed by atoms with van der Waals surface area (Å²) in [6.07, 6.45) is 2.46. The molecule has 0 heterocycles. The molecule has 0 fully saturated rings. The standard InChI is InChI=1S/C16H27N3O2/c1-2-14(8-10-17)18-11-9-16(20)19-12-13-21-15-6-4-3-5-7-15/h3-7,14,18H,2,8-13,17H2,1H3,(H,19,20). The van der Waals surface area contributed by atoms with Crippen LogP contribution in [0.4, 0.5) is 0 Å². The molecule has 1 rings (SSSR count). The van der Waals surface area contributed by atoms with Crippen LogP contribution in [0.25, 0.3) is 0 Å². The minimum atomic E-state index is 0.0433. The van der Waals surface area contributed by atoms with Crippen LogP contribution in [0.2, 0.25) is 0 Å². The Morgan fingerprint density at radius 2 is 2.05 bits per heavy atom. The van der Waals surface area contributed by atoms with Crippen molar-refractivity contribution in [3.05, 3.63) is 30.3 Å². The second kappa shape index (κ2) is 11.1. The summed E-state index contributed by atoms with van der Waals surface area (Å²) < 4.78 is 5.50. The highest BCUT2D eigenvalue weighted by atomic mass is 16.5. The average Bonchev–Trinajstić information content (AvgIpc) is 2.51. The largest absolute Gasteiger partial charge is 0.492 e. The first kappa shape index (κ1) is 17.5. The van der Waals surface area contributed by atoms with E-state index in [1.807, 2.05) is 30.3 Å². The van der Waals surface area contributed by atoms with Crippen LogP contribution in [0.3, 0.4) is 0 Å². The van der Waals surface area contributed by atoms with E-state index in [1.54, 1.807) is 0 Å². The molecular formula is C16H27N3O2. The topological polar surface area (TPSA) is 76.4 Å². The molecule has 1 aromatic carbocycles. The van der Waals surface area contributed by atoms with Crippen LogP contribution >= 0.6 is 0 Å². The molecule has 0 saturated heterocycles. The van der Waals surface area contributed by atoms with Gasteiger partial charge in [0.25, 0.3) is 0 Å². The van der Waals surface area contributed by atoms with Gasteiger partial charge in [-0.2, -0.15) is 0 Å². The van der Waals surface area contributed by atoms with Gasteiger partial charge in [0, 0.05) is 19.0 Å². The van der Waals surface area contributed by atoms with Crippen LogP contribution < -0.4 is 21.1 Å². The molecule has 5 nitrogen and oxygen atoms in total. The van der Waals surface area contributed by atoms with Crippen molar-refractivity contribution in [3.63, 3.8) is 0 Å². The Kier molecular flexibility index (Phi) is 9.24. The van der Waals surface area contributed by atoms with E-state index in [1.165, 1.54) is 0 Å². The third-order valence-electron chi connectivity index (χ3n) is 3.23. The lowest BCUT2D eigenvalue weighted by Gasteiger charge is -2.15. The molecule has 0 aliphatic heterocycles. The Morgan fingerprint density at radius 1 is 1.29 bits per heavy atom. The molecule has 0 saturated carbocycles. The second-order valence-electron chi connectivity index (χ2n) is 4.90. The van der Waals surface area contributed by atoms with E-state index in [-0.39, 0.29) is 5.91 Å². The van der Waals surface area contributed by atoms with Crippen LogP contribution in [0, 0.1) is 0 Å². The molecule has 0 aromatic heterocycles. The summed E-state index contributed by atoms with van der Waals surface area (Å²) in [6, 6.07) is 9.98. The molecule has 5 heteroatoms. The maximum atomic E-state index is 11.7. The third kappa shape index (κ3) is 8.32. The summed E-state index contributed by atoms with van der Waals surface area (Å²) in [4.78, 5) is 11.7. The fourth-order valence-electron chi connectivity index (χ4n) is 2.01. The van der Waals surface area contributed by atoms with Crippen molar-refractivity contribution in [2.45, 2.75) is 32.2 Å². The van der Waals surface area contributed by atoms with E-state index in [9.17, 15) is 4.79 Å². The van der Waals surface area contributed by atoms with Crippen molar-refractivity contribution in [2.75, 3.05) is 26.2 Å². The number of ether oxygens (including phenoxy) is 1. The molecule has 0 aliphatic rings. The van der Waals surface area contributed by atoms with E-state index in [0.29, 0.717) is 38.7 Å². The number of para-hydroxylation sites is 1. The molecule has 118 valence electrons. The zero-order chi connectivity index (χ0) is 15.3. The van der Waals surface area contributed by atoms with Crippen LogP contribution in [-0.4, -0.2) is 38.2 Å². The van der Waals surface area contributed by atoms with E-state index in [4.69, 9.17) is 10.5 Å². The van der Waals surface area contributed by atoms with Crippen molar-refractivity contribution in [1.29, 1.82) is 0 Å². The first-order valence-corrected chi connectivity index (χ1v) is 7.64. The molecule has 21 heavy (non-hydrogen) atoms. The maximum Gasteiger partial charge on any atom is 0.221 e. The van der Waals surface area contributed by atoms with Gasteiger partial charge in [0.1, 0.15) is 12.4 Å². The highest BCUT2D eigenvalue weighted by molar-refractivity contribution is 5.76. The zero-order valence-corrected chi connectivity index (χ0v) is 12.8. The monoisotopic (exact) mass is 293 g/mol. The SMILES string of the molecule is CCC(CCN)NCCC(=O)NCCOc1ccccc1. The molecule has 1 unspecified atom stereocenters. The van der Waals surface area contributed by atoms with Gasteiger partial charge in [0.05, 0.1) is 6.54 Å². The fraction of sp³-hybridized carbons (Fsp3) is 0.562. The number of benzene rings is 1. The molecule has 0 aliphatic carbocycles. The van der Waals surface area contributed by atoms with Crippen LogP contribution in [-0.2, 0) is 4.79 Å². The quantitative estimate of drug-likeness (QED) is 0.537. The van der Waals surface area contributed by atoms with E-state index < -0.39 is 0 Å². The summed E-state index contributed by atoms with van der Waals surface area (Å²) in [6.45, 7) is 4.48. The molecule has 4 N–H and O–H groups in total. The first-order valence-electron chi connectivity index (χ1n) is 7.64. The number of carbonyl (C=O) groups excluding carboxylic acids is 1. The lowest BCUT2D eigenvalue weighted by molar-refractivity contribution is -0.121. The summed E-state index contributed by atoms with van der Waals surface area (Å²) in [5, 5.41) is 6.19. The Balaban J connectivity index is 2.03. The van der Waals surface area contributed by atoms with Crippen molar-refractivity contribution in [3.8, 4) is 5.75 Å². The van der Waals surface area contributed by atoms with Crippen molar-refractivity contribution >= 4 is 5.91 Å². The van der Waals surface area contributed by atoms with E-state index >= 15 is 0 Å². The van der Waals surface area contributed by atoms with E-state index in [0.717, 1.165) is 18.6 Å². The molecule has 1 atom stereocenters. The van der Waals surface area contributed by atoms with Crippen molar-refractivity contribution < 1.29 is 9.53 Å². The summed E-state index contributed by atoms with van der Waals surface area (Å²) in [5.41, 5.74) is 5.53. The Labute approximate surface area is 127 Å². The maximum absolute atomic E-state index is 11.7. The molecule has 1 aromatic rings. The summed E-state index contributed by atoms with van der Waals surface area (Å²) >= 11 is 0. The molecule has 1 amide bonds. The van der Waals surface area contributed by atoms with Gasteiger partial charge in [-0.05, 0) is 31.5 Å².